The summed E-state index contributed by atoms with van der Waals surface area (Å²) in [5.41, 5.74) is 0. The van der Waals surface area contributed by atoms with Crippen LogP contribution in [0.25, 0.3) is 0 Å². The van der Waals surface area contributed by atoms with Crippen LogP contribution < -0.4 is 0 Å². The normalized spacial score (nSPS) is 9.76. The molecule has 0 aliphatic carbocycles. The summed E-state index contributed by atoms with van der Waals surface area (Å²) < 4.78 is 0. The molecule has 0 unspecified atom stereocenters. The van der Waals surface area contributed by atoms with Crippen LogP contribution in [0.4, 0.5) is 0 Å². The SMILES string of the molecule is CCP(CC)CC.CCP(CC)CC.[CH3][Pt][I]. The van der Waals surface area contributed by atoms with Crippen LogP contribution in [0.5, 0.6) is 0 Å². The van der Waals surface area contributed by atoms with Gasteiger partial charge in [0, 0.05) is 0 Å². The minimum atomic E-state index is 0.446. The zero-order valence-corrected chi connectivity index (χ0v) is 19.0. The molecule has 4 heteroatoms. The van der Waals surface area contributed by atoms with E-state index in [0.717, 1.165) is 0 Å². The molecule has 0 saturated heterocycles. The van der Waals surface area contributed by atoms with Crippen LogP contribution in [-0.4, -0.2) is 37.0 Å². The van der Waals surface area contributed by atoms with Crippen molar-refractivity contribution in [2.75, 3.05) is 37.0 Å². The van der Waals surface area contributed by atoms with Crippen LogP contribution in [0, 0.1) is 0 Å². The maximum absolute atomic E-state index is 2.40. The van der Waals surface area contributed by atoms with E-state index in [1.165, 1.54) is 37.0 Å². The molecule has 0 nitrogen and oxygen atoms in total. The van der Waals surface area contributed by atoms with Crippen LogP contribution in [0.2, 0.25) is 5.31 Å². The molecular formula is C13H33IP2Pt. The Labute approximate surface area is 133 Å². The first kappa shape index (κ1) is 24.3. The van der Waals surface area contributed by atoms with E-state index < -0.39 is 0 Å². The molecule has 0 amide bonds. The van der Waals surface area contributed by atoms with Gasteiger partial charge in [-0.3, -0.25) is 0 Å². The van der Waals surface area contributed by atoms with Gasteiger partial charge in [0.1, 0.15) is 0 Å². The molecule has 0 aliphatic heterocycles. The fourth-order valence-corrected chi connectivity index (χ4v) is 4.02. The van der Waals surface area contributed by atoms with Gasteiger partial charge in [-0.1, -0.05) is 41.5 Å². The monoisotopic (exact) mass is 573 g/mol. The summed E-state index contributed by atoms with van der Waals surface area (Å²) in [6.45, 7) is 13.7. The van der Waals surface area contributed by atoms with Crippen molar-refractivity contribution >= 4 is 35.2 Å². The van der Waals surface area contributed by atoms with Crippen molar-refractivity contribution in [2.45, 2.75) is 46.9 Å². The molecule has 0 rings (SSSR count). The molecule has 0 aromatic heterocycles. The summed E-state index contributed by atoms with van der Waals surface area (Å²) >= 11 is 2.95. The standard InChI is InChI=1S/2C6H15P.CH3.HI.Pt/c2*1-4-7(5-2)6-3;;;/h2*4-6H2,1-3H3;1H3;1H;/q;;;;+1/p-1. The molecule has 0 aromatic carbocycles. The Morgan fingerprint density at radius 2 is 0.765 bits per heavy atom. The third-order valence-corrected chi connectivity index (χ3v) is 8.05. The third-order valence-electron chi connectivity index (χ3n) is 2.68. The number of halogens is 1. The molecule has 0 atom stereocenters. The van der Waals surface area contributed by atoms with E-state index in [4.69, 9.17) is 0 Å². The maximum atomic E-state index is 2.40. The van der Waals surface area contributed by atoms with Gasteiger partial charge in [0.25, 0.3) is 0 Å². The summed E-state index contributed by atoms with van der Waals surface area (Å²) in [5.74, 6) is 0. The number of rotatable bonds is 6. The first-order valence-corrected chi connectivity index (χ1v) is 19.1. The van der Waals surface area contributed by atoms with Gasteiger partial charge in [-0.05, 0) is 37.0 Å². The van der Waals surface area contributed by atoms with Crippen molar-refractivity contribution in [3.05, 3.63) is 0 Å². The zero-order valence-electron chi connectivity index (χ0n) is 12.8. The molecule has 0 spiro atoms. The van der Waals surface area contributed by atoms with Crippen LogP contribution in [0.3, 0.4) is 0 Å². The van der Waals surface area contributed by atoms with E-state index in [-0.39, 0.29) is 0 Å². The summed E-state index contributed by atoms with van der Waals surface area (Å²) in [5, 5.41) is 2.22. The molecule has 0 saturated carbocycles. The predicted octanol–water partition coefficient (Wildman–Crippen LogP) is 6.52. The second-order valence-electron chi connectivity index (χ2n) is 3.36. The summed E-state index contributed by atoms with van der Waals surface area (Å²) in [6.07, 6.45) is 8.51. The molecule has 17 heavy (non-hydrogen) atoms. The molecular weight excluding hydrogens is 540 g/mol. The van der Waals surface area contributed by atoms with Gasteiger partial charge in [0.2, 0.25) is 0 Å². The van der Waals surface area contributed by atoms with Crippen molar-refractivity contribution in [1.29, 1.82) is 0 Å². The van der Waals surface area contributed by atoms with Gasteiger partial charge in [-0.15, -0.1) is 15.8 Å². The van der Waals surface area contributed by atoms with Gasteiger partial charge < -0.3 is 0 Å². The average Bonchev–Trinajstić information content (AvgIpc) is 2.35. The molecule has 0 fully saturated rings. The molecule has 0 aliphatic rings. The van der Waals surface area contributed by atoms with Gasteiger partial charge >= 0.3 is 39.5 Å². The summed E-state index contributed by atoms with van der Waals surface area (Å²) in [4.78, 5) is 0. The van der Waals surface area contributed by atoms with Gasteiger partial charge in [0.05, 0.1) is 0 Å². The Balaban J connectivity index is -0.000000188. The Morgan fingerprint density at radius 3 is 0.765 bits per heavy atom. The fraction of sp³-hybridized carbons (Fsp3) is 1.00. The van der Waals surface area contributed by atoms with E-state index in [1.807, 2.05) is 0 Å². The molecule has 0 aromatic rings. The van der Waals surface area contributed by atoms with Gasteiger partial charge in [-0.25, -0.2) is 0 Å². The fourth-order valence-electron chi connectivity index (χ4n) is 1.34. The average molecular weight is 573 g/mol. The first-order valence-electron chi connectivity index (χ1n) is 6.58. The predicted molar refractivity (Wildman–Crippen MR) is 97.0 cm³/mol. The van der Waals surface area contributed by atoms with Gasteiger partial charge in [-0.2, -0.15) is 0 Å². The van der Waals surface area contributed by atoms with E-state index in [0.29, 0.717) is 30.7 Å². The molecule has 0 radical (unpaired) electrons. The Morgan fingerprint density at radius 1 is 0.647 bits per heavy atom. The van der Waals surface area contributed by atoms with Crippen molar-refractivity contribution in [3.63, 3.8) is 0 Å². The Hall–Kier alpha value is 2.28. The molecule has 0 heterocycles. The van der Waals surface area contributed by atoms with Crippen LogP contribution >= 0.6 is 35.2 Å². The van der Waals surface area contributed by atoms with Crippen molar-refractivity contribution < 1.29 is 14.9 Å². The Kier molecular flexibility index (Phi) is 33.4. The van der Waals surface area contributed by atoms with Crippen molar-refractivity contribution in [1.82, 2.24) is 0 Å². The van der Waals surface area contributed by atoms with Crippen molar-refractivity contribution in [3.8, 4) is 0 Å². The summed E-state index contributed by atoms with van der Waals surface area (Å²) in [6, 6.07) is 0. The minimum absolute atomic E-state index is 0.446. The van der Waals surface area contributed by atoms with E-state index in [2.05, 4.69) is 66.2 Å². The number of hydrogen-bond donors (Lipinski definition) is 0. The second kappa shape index (κ2) is 23.4. The van der Waals surface area contributed by atoms with Crippen LogP contribution in [-0.2, 0) is 14.9 Å². The summed E-state index contributed by atoms with van der Waals surface area (Å²) in [7, 11) is 0.892. The zero-order chi connectivity index (χ0) is 14.1. The molecule has 112 valence electrons. The second-order valence-corrected chi connectivity index (χ2v) is 16.3. The van der Waals surface area contributed by atoms with E-state index >= 15 is 0 Å². The third kappa shape index (κ3) is 23.8. The first-order chi connectivity index (χ1) is 8.11. The molecule has 0 N–H and O–H groups in total. The van der Waals surface area contributed by atoms with Crippen LogP contribution in [0.15, 0.2) is 0 Å². The molecule has 0 bridgehead atoms. The topological polar surface area (TPSA) is 0 Å². The Bertz CT molecular complexity index is 84.6. The van der Waals surface area contributed by atoms with Crippen molar-refractivity contribution in [2.24, 2.45) is 0 Å². The number of hydrogen-bond acceptors (Lipinski definition) is 0. The van der Waals surface area contributed by atoms with E-state index in [9.17, 15) is 0 Å². The van der Waals surface area contributed by atoms with Gasteiger partial charge in [0.15, 0.2) is 0 Å². The van der Waals surface area contributed by atoms with Crippen LogP contribution in [0.1, 0.15) is 41.5 Å². The van der Waals surface area contributed by atoms with E-state index in [1.54, 1.807) is 0 Å². The quantitative estimate of drug-likeness (QED) is 0.251.